The zero-order chi connectivity index (χ0) is 19.8. The Morgan fingerprint density at radius 3 is 2.59 bits per heavy atom. The van der Waals surface area contributed by atoms with Crippen LogP contribution in [0.5, 0.6) is 0 Å². The molecular weight excluding hydrogens is 495 g/mol. The summed E-state index contributed by atoms with van der Waals surface area (Å²) < 4.78 is 0. The Morgan fingerprint density at radius 2 is 1.97 bits per heavy atom. The Morgan fingerprint density at radius 1 is 1.17 bits per heavy atom. The van der Waals surface area contributed by atoms with Crippen molar-refractivity contribution in [3.63, 3.8) is 0 Å². The van der Waals surface area contributed by atoms with Crippen molar-refractivity contribution < 1.29 is 0 Å². The number of nitrogens with one attached hydrogen (secondary N) is 2. The summed E-state index contributed by atoms with van der Waals surface area (Å²) in [6.45, 7) is 10.9. The van der Waals surface area contributed by atoms with Crippen molar-refractivity contribution in [2.75, 3.05) is 24.5 Å². The molecule has 2 aromatic heterocycles. The lowest BCUT2D eigenvalue weighted by Gasteiger charge is -2.31. The third-order valence-electron chi connectivity index (χ3n) is 5.04. The first kappa shape index (κ1) is 23.9. The van der Waals surface area contributed by atoms with Gasteiger partial charge < -0.3 is 15.5 Å². The molecule has 1 saturated heterocycles. The van der Waals surface area contributed by atoms with Gasteiger partial charge in [0, 0.05) is 36.9 Å². The second-order valence-corrected chi connectivity index (χ2v) is 8.52. The van der Waals surface area contributed by atoms with Crippen LogP contribution in [0, 0.1) is 5.92 Å². The maximum Gasteiger partial charge on any atom is 0.191 e. The standard InChI is InChI=1S/C21H32N6S.HI/c1-4-18-14-24-20(28-18)15-26-21(22-5-2)25-13-17-6-7-19(23-12-17)27-10-8-16(3)9-11-27;/h6-7,12,14,16H,4-5,8-11,13,15H2,1-3H3,(H2,22,25,26);1H. The Balaban J connectivity index is 0.00000300. The molecule has 0 spiro atoms. The van der Waals surface area contributed by atoms with Crippen LogP contribution >= 0.6 is 35.3 Å². The molecule has 0 saturated carbocycles. The molecule has 3 rings (SSSR count). The molecule has 1 aliphatic rings. The van der Waals surface area contributed by atoms with Gasteiger partial charge in [-0.05, 0) is 43.7 Å². The molecule has 2 N–H and O–H groups in total. The van der Waals surface area contributed by atoms with Gasteiger partial charge in [0.1, 0.15) is 10.8 Å². The topological polar surface area (TPSA) is 65.4 Å². The van der Waals surface area contributed by atoms with Crippen LogP contribution in [-0.4, -0.2) is 35.6 Å². The second-order valence-electron chi connectivity index (χ2n) is 7.32. The van der Waals surface area contributed by atoms with Gasteiger partial charge in [0.25, 0.3) is 0 Å². The number of hydrogen-bond donors (Lipinski definition) is 2. The van der Waals surface area contributed by atoms with Crippen LogP contribution in [0.15, 0.2) is 29.5 Å². The molecule has 8 heteroatoms. The number of guanidine groups is 1. The molecule has 0 atom stereocenters. The van der Waals surface area contributed by atoms with E-state index in [1.54, 1.807) is 11.3 Å². The van der Waals surface area contributed by atoms with Crippen LogP contribution in [0.25, 0.3) is 0 Å². The minimum Gasteiger partial charge on any atom is -0.357 e. The van der Waals surface area contributed by atoms with E-state index in [0.29, 0.717) is 13.1 Å². The van der Waals surface area contributed by atoms with Crippen molar-refractivity contribution in [3.8, 4) is 0 Å². The molecular formula is C21H33IN6S. The minimum atomic E-state index is 0. The van der Waals surface area contributed by atoms with Gasteiger partial charge in [0.15, 0.2) is 5.96 Å². The largest absolute Gasteiger partial charge is 0.357 e. The number of piperidine rings is 1. The molecule has 0 aliphatic carbocycles. The first-order chi connectivity index (χ1) is 13.7. The van der Waals surface area contributed by atoms with E-state index >= 15 is 0 Å². The Kier molecular flexibility index (Phi) is 10.1. The van der Waals surface area contributed by atoms with Crippen molar-refractivity contribution in [2.24, 2.45) is 10.9 Å². The van der Waals surface area contributed by atoms with Crippen LogP contribution in [0.3, 0.4) is 0 Å². The highest BCUT2D eigenvalue weighted by Gasteiger charge is 2.16. The normalized spacial score (nSPS) is 15.1. The average Bonchev–Trinajstić information content (AvgIpc) is 3.19. The van der Waals surface area contributed by atoms with E-state index in [1.165, 1.54) is 17.7 Å². The zero-order valence-electron chi connectivity index (χ0n) is 17.6. The Bertz CT molecular complexity index is 753. The van der Waals surface area contributed by atoms with E-state index in [9.17, 15) is 0 Å². The van der Waals surface area contributed by atoms with Crippen LogP contribution < -0.4 is 15.5 Å². The number of halogens is 1. The van der Waals surface area contributed by atoms with E-state index in [0.717, 1.165) is 54.3 Å². The Hall–Kier alpha value is -1.42. The van der Waals surface area contributed by atoms with Crippen molar-refractivity contribution in [2.45, 2.75) is 53.1 Å². The lowest BCUT2D eigenvalue weighted by atomic mass is 9.99. The fourth-order valence-electron chi connectivity index (χ4n) is 3.20. The van der Waals surface area contributed by atoms with E-state index in [1.807, 2.05) is 12.4 Å². The summed E-state index contributed by atoms with van der Waals surface area (Å²) in [6.07, 6.45) is 7.45. The minimum absolute atomic E-state index is 0. The summed E-state index contributed by atoms with van der Waals surface area (Å²) in [6, 6.07) is 4.27. The summed E-state index contributed by atoms with van der Waals surface area (Å²) in [5.74, 6) is 2.73. The first-order valence-electron chi connectivity index (χ1n) is 10.3. The van der Waals surface area contributed by atoms with E-state index in [2.05, 4.69) is 58.4 Å². The third kappa shape index (κ3) is 7.40. The summed E-state index contributed by atoms with van der Waals surface area (Å²) in [4.78, 5) is 17.5. The van der Waals surface area contributed by atoms with Crippen molar-refractivity contribution in [1.29, 1.82) is 0 Å². The summed E-state index contributed by atoms with van der Waals surface area (Å²) in [5.41, 5.74) is 1.12. The third-order valence-corrected chi connectivity index (χ3v) is 6.18. The predicted octanol–water partition coefficient (Wildman–Crippen LogP) is 4.21. The van der Waals surface area contributed by atoms with Gasteiger partial charge >= 0.3 is 0 Å². The number of aromatic nitrogens is 2. The van der Waals surface area contributed by atoms with E-state index in [-0.39, 0.29) is 24.0 Å². The molecule has 160 valence electrons. The second kappa shape index (κ2) is 12.3. The molecule has 6 nitrogen and oxygen atoms in total. The number of nitrogens with zero attached hydrogens (tertiary/aromatic N) is 4. The Labute approximate surface area is 195 Å². The zero-order valence-corrected chi connectivity index (χ0v) is 20.8. The van der Waals surface area contributed by atoms with Gasteiger partial charge in [0.2, 0.25) is 0 Å². The quantitative estimate of drug-likeness (QED) is 0.320. The van der Waals surface area contributed by atoms with Crippen LogP contribution in [-0.2, 0) is 19.5 Å². The average molecular weight is 529 g/mol. The van der Waals surface area contributed by atoms with E-state index in [4.69, 9.17) is 4.99 Å². The number of thiazole rings is 1. The summed E-state index contributed by atoms with van der Waals surface area (Å²) in [5, 5.41) is 7.76. The first-order valence-corrected chi connectivity index (χ1v) is 11.1. The molecule has 3 heterocycles. The highest BCUT2D eigenvalue weighted by Crippen LogP contribution is 2.21. The fraction of sp³-hybridized carbons (Fsp3) is 0.571. The van der Waals surface area contributed by atoms with Crippen molar-refractivity contribution in [1.82, 2.24) is 20.6 Å². The molecule has 0 amide bonds. The highest BCUT2D eigenvalue weighted by molar-refractivity contribution is 14.0. The van der Waals surface area contributed by atoms with Gasteiger partial charge in [-0.2, -0.15) is 0 Å². The number of aliphatic imine (C=N–C) groups is 1. The number of aryl methyl sites for hydroxylation is 1. The summed E-state index contributed by atoms with van der Waals surface area (Å²) >= 11 is 1.75. The lowest BCUT2D eigenvalue weighted by molar-refractivity contribution is 0.436. The van der Waals surface area contributed by atoms with Gasteiger partial charge in [-0.3, -0.25) is 0 Å². The number of pyridine rings is 1. The van der Waals surface area contributed by atoms with E-state index < -0.39 is 0 Å². The molecule has 0 unspecified atom stereocenters. The van der Waals surface area contributed by atoms with Crippen molar-refractivity contribution in [3.05, 3.63) is 40.0 Å². The van der Waals surface area contributed by atoms with Crippen molar-refractivity contribution >= 4 is 47.1 Å². The molecule has 2 aromatic rings. The van der Waals surface area contributed by atoms with Crippen LogP contribution in [0.2, 0.25) is 0 Å². The van der Waals surface area contributed by atoms with Crippen LogP contribution in [0.1, 0.15) is 49.1 Å². The van der Waals surface area contributed by atoms with Gasteiger partial charge in [-0.15, -0.1) is 35.3 Å². The fourth-order valence-corrected chi connectivity index (χ4v) is 4.00. The smallest absolute Gasteiger partial charge is 0.191 e. The summed E-state index contributed by atoms with van der Waals surface area (Å²) in [7, 11) is 0. The molecule has 1 fully saturated rings. The predicted molar refractivity (Wildman–Crippen MR) is 133 cm³/mol. The number of hydrogen-bond acceptors (Lipinski definition) is 5. The van der Waals surface area contributed by atoms with Gasteiger partial charge in [-0.25, -0.2) is 15.0 Å². The molecule has 0 aromatic carbocycles. The molecule has 0 bridgehead atoms. The monoisotopic (exact) mass is 528 g/mol. The number of rotatable bonds is 7. The highest BCUT2D eigenvalue weighted by atomic mass is 127. The number of anilines is 1. The molecule has 1 aliphatic heterocycles. The molecule has 29 heavy (non-hydrogen) atoms. The lowest BCUT2D eigenvalue weighted by Crippen LogP contribution is -2.36. The molecule has 0 radical (unpaired) electrons. The van der Waals surface area contributed by atoms with Gasteiger partial charge in [-0.1, -0.05) is 19.9 Å². The SMILES string of the molecule is CCNC(=NCc1ccc(N2CCC(C)CC2)nc1)NCc1ncc(CC)s1.I. The maximum atomic E-state index is 4.70. The van der Waals surface area contributed by atoms with Gasteiger partial charge in [0.05, 0.1) is 13.1 Å². The maximum absolute atomic E-state index is 4.70. The van der Waals surface area contributed by atoms with Crippen LogP contribution in [0.4, 0.5) is 5.82 Å².